The SMILES string of the molecule is CC(C)C1=C2[C@H]3CC[C@@H]4[C@@]5(C)CC[C@H](OC(=O)CC(C)(C)C(=O)O)C(C)(C)[C@@H]5CC[C@@]4(C)[C@]3(C)CC[C@@]2(NC(=O)N2CC[C@H](N)C2)CC1=O. The lowest BCUT2D eigenvalue weighted by Gasteiger charge is -2.72. The number of fused-ring (bicyclic) bond motifs is 7. The predicted octanol–water partition coefficient (Wildman–Crippen LogP) is 6.87. The minimum Gasteiger partial charge on any atom is -0.481 e. The van der Waals surface area contributed by atoms with Crippen molar-refractivity contribution in [3.63, 3.8) is 0 Å². The van der Waals surface area contributed by atoms with E-state index in [0.717, 1.165) is 63.4 Å². The van der Waals surface area contributed by atoms with Crippen LogP contribution in [0.3, 0.4) is 0 Å². The maximum atomic E-state index is 13.9. The van der Waals surface area contributed by atoms with Crippen LogP contribution in [-0.4, -0.2) is 64.5 Å². The number of esters is 1. The molecular formula is C40H63N3O6. The fourth-order valence-corrected chi connectivity index (χ4v) is 12.8. The molecule has 0 spiro atoms. The van der Waals surface area contributed by atoms with Crippen LogP contribution in [-0.2, 0) is 19.1 Å². The Balaban J connectivity index is 1.29. The van der Waals surface area contributed by atoms with Gasteiger partial charge in [0.25, 0.3) is 0 Å². The van der Waals surface area contributed by atoms with Gasteiger partial charge in [0.05, 0.1) is 17.4 Å². The monoisotopic (exact) mass is 681 g/mol. The summed E-state index contributed by atoms with van der Waals surface area (Å²) in [5.74, 6) is -0.0317. The standard InChI is InChI=1S/C40H63N3O6/c1-23(2)31-26(44)20-40(42-34(48)43-19-14-24(41)22-43)18-17-38(8)25(32(31)40)10-11-28-37(7)15-13-29(49-30(45)21-35(3,4)33(46)47)36(5,6)27(37)12-16-39(28,38)9/h23-25,27-29H,10-22,41H2,1-9H3,(H,42,48)(H,46,47)/t24-,25+,27-,28+,29-,37-,38+,39+,40+/m0/s1. The van der Waals surface area contributed by atoms with E-state index in [-0.39, 0.29) is 63.9 Å². The number of amides is 2. The van der Waals surface area contributed by atoms with Crippen molar-refractivity contribution in [1.82, 2.24) is 10.2 Å². The first kappa shape index (κ1) is 36.4. The van der Waals surface area contributed by atoms with Crippen LogP contribution in [0, 0.1) is 50.7 Å². The Bertz CT molecular complexity index is 1450. The van der Waals surface area contributed by atoms with Crippen LogP contribution in [0.2, 0.25) is 0 Å². The van der Waals surface area contributed by atoms with E-state index in [1.807, 2.05) is 4.90 Å². The van der Waals surface area contributed by atoms with E-state index in [1.165, 1.54) is 5.57 Å². The zero-order chi connectivity index (χ0) is 36.1. The Morgan fingerprint density at radius 3 is 2.27 bits per heavy atom. The van der Waals surface area contributed by atoms with Crippen LogP contribution in [0.4, 0.5) is 4.79 Å². The lowest BCUT2D eigenvalue weighted by molar-refractivity contribution is -0.232. The molecule has 49 heavy (non-hydrogen) atoms. The van der Waals surface area contributed by atoms with Crippen LogP contribution in [0.1, 0.15) is 133 Å². The predicted molar refractivity (Wildman–Crippen MR) is 188 cm³/mol. The first-order chi connectivity index (χ1) is 22.6. The van der Waals surface area contributed by atoms with Gasteiger partial charge in [0, 0.05) is 31.0 Å². The fourth-order valence-electron chi connectivity index (χ4n) is 12.8. The van der Waals surface area contributed by atoms with E-state index < -0.39 is 22.9 Å². The molecule has 4 N–H and O–H groups in total. The van der Waals surface area contributed by atoms with Crippen molar-refractivity contribution in [3.8, 4) is 0 Å². The second-order valence-electron chi connectivity index (χ2n) is 19.4. The van der Waals surface area contributed by atoms with Gasteiger partial charge in [0.1, 0.15) is 6.10 Å². The molecule has 9 atom stereocenters. The molecule has 5 aliphatic carbocycles. The van der Waals surface area contributed by atoms with E-state index >= 15 is 0 Å². The largest absolute Gasteiger partial charge is 0.481 e. The highest BCUT2D eigenvalue weighted by Gasteiger charge is 2.70. The summed E-state index contributed by atoms with van der Waals surface area (Å²) >= 11 is 0. The lowest BCUT2D eigenvalue weighted by atomic mass is 9.33. The number of carboxylic acid groups (broad SMARTS) is 1. The molecular weight excluding hydrogens is 618 g/mol. The van der Waals surface area contributed by atoms with Crippen LogP contribution in [0.25, 0.3) is 0 Å². The Hall–Kier alpha value is -2.42. The molecule has 6 aliphatic rings. The van der Waals surface area contributed by atoms with Gasteiger partial charge in [-0.3, -0.25) is 14.4 Å². The third kappa shape index (κ3) is 5.40. The molecule has 0 unspecified atom stereocenters. The number of ether oxygens (including phenoxy) is 1. The molecule has 1 saturated heterocycles. The highest BCUT2D eigenvalue weighted by atomic mass is 16.5. The number of nitrogens with two attached hydrogens (primary N) is 1. The maximum Gasteiger partial charge on any atom is 0.318 e. The number of carbonyl (C=O) groups excluding carboxylic acids is 3. The van der Waals surface area contributed by atoms with Gasteiger partial charge in [-0.15, -0.1) is 0 Å². The fraction of sp³-hybridized carbons (Fsp3) is 0.850. The van der Waals surface area contributed by atoms with Crippen LogP contribution < -0.4 is 11.1 Å². The molecule has 5 fully saturated rings. The number of Topliss-reactive ketones (excluding diaryl/α,β-unsaturated/α-hetero) is 1. The van der Waals surface area contributed by atoms with Gasteiger partial charge in [-0.1, -0.05) is 48.5 Å². The molecule has 0 aromatic rings. The number of likely N-dealkylation sites (tertiary alicyclic amines) is 1. The maximum absolute atomic E-state index is 13.9. The topological polar surface area (TPSA) is 139 Å². The third-order valence-corrected chi connectivity index (χ3v) is 15.7. The molecule has 0 bridgehead atoms. The van der Waals surface area contributed by atoms with E-state index in [2.05, 4.69) is 53.8 Å². The summed E-state index contributed by atoms with van der Waals surface area (Å²) in [6, 6.07) is -0.0711. The second kappa shape index (κ2) is 11.8. The summed E-state index contributed by atoms with van der Waals surface area (Å²) in [6.45, 7) is 20.7. The van der Waals surface area contributed by atoms with Gasteiger partial charge in [-0.2, -0.15) is 0 Å². The van der Waals surface area contributed by atoms with Gasteiger partial charge in [-0.25, -0.2) is 4.79 Å². The number of carboxylic acids is 1. The molecule has 0 radical (unpaired) electrons. The van der Waals surface area contributed by atoms with E-state index in [1.54, 1.807) is 13.8 Å². The highest BCUT2D eigenvalue weighted by Crippen LogP contribution is 2.76. The average Bonchev–Trinajstić information content (AvgIpc) is 3.55. The molecule has 1 aliphatic heterocycles. The Labute approximate surface area is 293 Å². The number of nitrogens with zero attached hydrogens (tertiary/aromatic N) is 1. The number of rotatable bonds is 6. The van der Waals surface area contributed by atoms with Gasteiger partial charge in [-0.05, 0) is 123 Å². The zero-order valence-electron chi connectivity index (χ0n) is 31.7. The average molecular weight is 682 g/mol. The van der Waals surface area contributed by atoms with Crippen LogP contribution in [0.15, 0.2) is 11.1 Å². The van der Waals surface area contributed by atoms with Crippen molar-refractivity contribution in [3.05, 3.63) is 11.1 Å². The summed E-state index contributed by atoms with van der Waals surface area (Å²) in [6.07, 6.45) is 8.49. The molecule has 274 valence electrons. The minimum absolute atomic E-state index is 0.00671. The smallest absolute Gasteiger partial charge is 0.318 e. The zero-order valence-corrected chi connectivity index (χ0v) is 31.7. The number of aliphatic carboxylic acids is 1. The van der Waals surface area contributed by atoms with Crippen molar-refractivity contribution in [2.45, 2.75) is 151 Å². The second-order valence-corrected chi connectivity index (χ2v) is 19.4. The molecule has 9 nitrogen and oxygen atoms in total. The number of nitrogens with one attached hydrogen (secondary N) is 1. The Morgan fingerprint density at radius 2 is 1.65 bits per heavy atom. The quantitative estimate of drug-likeness (QED) is 0.260. The summed E-state index contributed by atoms with van der Waals surface area (Å²) in [5, 5.41) is 13.1. The molecule has 4 saturated carbocycles. The first-order valence-electron chi connectivity index (χ1n) is 19.2. The number of hydrogen-bond donors (Lipinski definition) is 3. The molecule has 2 amide bonds. The number of carbonyl (C=O) groups is 4. The molecule has 1 heterocycles. The van der Waals surface area contributed by atoms with Crippen molar-refractivity contribution < 1.29 is 29.0 Å². The molecule has 0 aromatic heterocycles. The van der Waals surface area contributed by atoms with Crippen molar-refractivity contribution in [2.24, 2.45) is 56.5 Å². The van der Waals surface area contributed by atoms with Gasteiger partial charge in [0.2, 0.25) is 0 Å². The first-order valence-corrected chi connectivity index (χ1v) is 19.2. The van der Waals surface area contributed by atoms with E-state index in [9.17, 15) is 24.3 Å². The molecule has 0 aromatic carbocycles. The summed E-state index contributed by atoms with van der Waals surface area (Å²) in [4.78, 5) is 54.2. The van der Waals surface area contributed by atoms with Crippen molar-refractivity contribution >= 4 is 23.8 Å². The summed E-state index contributed by atoms with van der Waals surface area (Å²) < 4.78 is 6.15. The number of allylic oxidation sites excluding steroid dienone is 1. The lowest BCUT2D eigenvalue weighted by Crippen LogP contribution is -2.67. The summed E-state index contributed by atoms with van der Waals surface area (Å²) in [5.41, 5.74) is 6.44. The van der Waals surface area contributed by atoms with E-state index in [4.69, 9.17) is 10.5 Å². The molecule has 6 rings (SSSR count). The number of ketones is 1. The third-order valence-electron chi connectivity index (χ3n) is 15.7. The number of hydrogen-bond acceptors (Lipinski definition) is 6. The Kier molecular flexibility index (Phi) is 8.77. The van der Waals surface area contributed by atoms with Crippen LogP contribution in [0.5, 0.6) is 0 Å². The van der Waals surface area contributed by atoms with Crippen molar-refractivity contribution in [2.75, 3.05) is 13.1 Å². The van der Waals surface area contributed by atoms with Crippen molar-refractivity contribution in [1.29, 1.82) is 0 Å². The minimum atomic E-state index is -1.16. The van der Waals surface area contributed by atoms with Crippen LogP contribution >= 0.6 is 0 Å². The Morgan fingerprint density at radius 1 is 0.959 bits per heavy atom. The van der Waals surface area contributed by atoms with Gasteiger partial charge < -0.3 is 25.8 Å². The number of urea groups is 1. The van der Waals surface area contributed by atoms with E-state index in [0.29, 0.717) is 31.3 Å². The molecule has 9 heteroatoms. The normalized spacial score (nSPS) is 41.5. The van der Waals surface area contributed by atoms with Gasteiger partial charge >= 0.3 is 18.0 Å². The summed E-state index contributed by atoms with van der Waals surface area (Å²) in [7, 11) is 0. The highest BCUT2D eigenvalue weighted by molar-refractivity contribution is 6.02. The van der Waals surface area contributed by atoms with Gasteiger partial charge in [0.15, 0.2) is 5.78 Å².